The van der Waals surface area contributed by atoms with E-state index in [1.807, 2.05) is 0 Å². The largest absolute Gasteiger partial charge is 0.463 e. The first kappa shape index (κ1) is 36.7. The monoisotopic (exact) mass is 652 g/mol. The Morgan fingerprint density at radius 1 is 0.477 bits per heavy atom. The molecule has 0 radical (unpaired) electrons. The molecule has 0 aromatic rings. The fourth-order valence-corrected chi connectivity index (χ4v) is 4.88. The van der Waals surface area contributed by atoms with Gasteiger partial charge in [0.15, 0.2) is 36.8 Å². The lowest BCUT2D eigenvalue weighted by Crippen LogP contribution is -2.66. The summed E-state index contributed by atoms with van der Waals surface area (Å²) < 4.78 is 55.0. The van der Waals surface area contributed by atoms with Crippen molar-refractivity contribution in [2.24, 2.45) is 0 Å². The molecule has 2 rings (SSSR count). The first-order chi connectivity index (χ1) is 20.5. The summed E-state index contributed by atoms with van der Waals surface area (Å²) in [6.45, 7) is 6.50. The second-order valence-corrected chi connectivity index (χ2v) is 10.2. The van der Waals surface area contributed by atoms with Crippen LogP contribution in [0.1, 0.15) is 48.5 Å². The molecule has 10 atom stereocenters. The van der Waals surface area contributed by atoms with Crippen molar-refractivity contribution in [1.82, 2.24) is 0 Å². The zero-order valence-corrected chi connectivity index (χ0v) is 26.0. The molecule has 18 heteroatoms. The van der Waals surface area contributed by atoms with Crippen molar-refractivity contribution in [1.29, 1.82) is 0 Å². The summed E-state index contributed by atoms with van der Waals surface area (Å²) in [5.74, 6) is -5.69. The van der Waals surface area contributed by atoms with Crippen LogP contribution in [0.3, 0.4) is 0 Å². The highest BCUT2D eigenvalue weighted by Gasteiger charge is 2.57. The number of carbonyl (C=O) groups is 7. The van der Waals surface area contributed by atoms with Gasteiger partial charge in [-0.1, -0.05) is 0 Å². The van der Waals surface area contributed by atoms with Crippen LogP contribution < -0.4 is 0 Å². The summed E-state index contributed by atoms with van der Waals surface area (Å²) in [7, 11) is 0. The summed E-state index contributed by atoms with van der Waals surface area (Å²) in [6, 6.07) is 0. The van der Waals surface area contributed by atoms with Crippen LogP contribution in [-0.4, -0.2) is 116 Å². The molecule has 0 amide bonds. The molecule has 2 fully saturated rings. The van der Waals surface area contributed by atoms with E-state index in [4.69, 9.17) is 47.4 Å². The molecule has 44 heavy (non-hydrogen) atoms. The minimum atomic E-state index is -1.74. The van der Waals surface area contributed by atoms with E-state index in [2.05, 4.69) is 12.6 Å². The molecule has 0 spiro atoms. The van der Waals surface area contributed by atoms with Crippen molar-refractivity contribution in [2.75, 3.05) is 13.2 Å². The lowest BCUT2D eigenvalue weighted by Gasteiger charge is -2.48. The van der Waals surface area contributed by atoms with Crippen LogP contribution in [0, 0.1) is 0 Å². The fourth-order valence-electron chi connectivity index (χ4n) is 4.49. The Kier molecular flexibility index (Phi) is 13.8. The maximum atomic E-state index is 12.2. The Bertz CT molecular complexity index is 1090. The van der Waals surface area contributed by atoms with Crippen LogP contribution >= 0.6 is 12.6 Å². The van der Waals surface area contributed by atoms with Gasteiger partial charge in [0.1, 0.15) is 37.0 Å². The van der Waals surface area contributed by atoms with Gasteiger partial charge in [0.25, 0.3) is 0 Å². The van der Waals surface area contributed by atoms with Crippen molar-refractivity contribution in [3.05, 3.63) is 0 Å². The Hall–Kier alpha value is -3.48. The first-order valence-electron chi connectivity index (χ1n) is 13.3. The second-order valence-electron chi connectivity index (χ2n) is 9.68. The van der Waals surface area contributed by atoms with Gasteiger partial charge in [0, 0.05) is 48.5 Å². The molecule has 2 aliphatic heterocycles. The van der Waals surface area contributed by atoms with E-state index in [0.29, 0.717) is 0 Å². The number of thiol groups is 1. The van der Waals surface area contributed by atoms with Crippen LogP contribution in [0.15, 0.2) is 0 Å². The van der Waals surface area contributed by atoms with Gasteiger partial charge >= 0.3 is 41.8 Å². The third kappa shape index (κ3) is 10.9. The lowest BCUT2D eigenvalue weighted by molar-refractivity contribution is -0.341. The van der Waals surface area contributed by atoms with Crippen molar-refractivity contribution in [3.63, 3.8) is 0 Å². The molecular weight excluding hydrogens is 616 g/mol. The molecule has 0 N–H and O–H groups in total. The van der Waals surface area contributed by atoms with E-state index in [9.17, 15) is 33.6 Å². The predicted octanol–water partition coefficient (Wildman–Crippen LogP) is -0.464. The number of ether oxygens (including phenoxy) is 10. The summed E-state index contributed by atoms with van der Waals surface area (Å²) >= 11 is 4.30. The Balaban J connectivity index is 2.66. The fraction of sp³-hybridized carbons (Fsp3) is 0.731. The van der Waals surface area contributed by atoms with Crippen molar-refractivity contribution in [2.45, 2.75) is 109 Å². The third-order valence-electron chi connectivity index (χ3n) is 5.90. The molecule has 0 saturated carbocycles. The maximum Gasteiger partial charge on any atom is 0.303 e. The van der Waals surface area contributed by atoms with Crippen LogP contribution in [0.5, 0.6) is 0 Å². The number of carbonyl (C=O) groups excluding carboxylic acids is 7. The predicted molar refractivity (Wildman–Crippen MR) is 142 cm³/mol. The van der Waals surface area contributed by atoms with E-state index in [-0.39, 0.29) is 0 Å². The SMILES string of the molecule is CC(=O)OC[C@H]1O[C@H](O[C@H]2[C@H](OC(C)=O)[C@@H](OC(C)=O)[C@H](S)O[C@@H]2COC(C)=O)[C@H](OC(C)=O)[C@@H](OC(C)=O)[C@H]1OC(C)=O. The molecular formula is C26H36O17S. The quantitative estimate of drug-likeness (QED) is 0.170. The van der Waals surface area contributed by atoms with E-state index in [1.54, 1.807) is 0 Å². The molecule has 2 saturated heterocycles. The highest BCUT2D eigenvalue weighted by Crippen LogP contribution is 2.35. The van der Waals surface area contributed by atoms with E-state index < -0.39 is 116 Å². The smallest absolute Gasteiger partial charge is 0.303 e. The number of hydrogen-bond acceptors (Lipinski definition) is 18. The average Bonchev–Trinajstić information content (AvgIpc) is 2.87. The van der Waals surface area contributed by atoms with Crippen LogP contribution in [0.2, 0.25) is 0 Å². The number of rotatable bonds is 11. The Labute approximate surface area is 257 Å². The van der Waals surface area contributed by atoms with Gasteiger partial charge in [-0.2, -0.15) is 0 Å². The number of esters is 7. The van der Waals surface area contributed by atoms with E-state index in [1.165, 1.54) is 0 Å². The van der Waals surface area contributed by atoms with Crippen LogP contribution in [-0.2, 0) is 80.9 Å². The minimum Gasteiger partial charge on any atom is -0.463 e. The minimum absolute atomic E-state index is 0.479. The van der Waals surface area contributed by atoms with Crippen molar-refractivity contribution in [3.8, 4) is 0 Å². The van der Waals surface area contributed by atoms with Gasteiger partial charge in [0.05, 0.1) is 0 Å². The molecule has 0 aliphatic carbocycles. The normalized spacial score (nSPS) is 31.5. The molecule has 0 aromatic heterocycles. The summed E-state index contributed by atoms with van der Waals surface area (Å²) in [6.07, 6.45) is -13.4. The molecule has 17 nitrogen and oxygen atoms in total. The second kappa shape index (κ2) is 16.6. The summed E-state index contributed by atoms with van der Waals surface area (Å²) in [5, 5.41) is 0. The highest BCUT2D eigenvalue weighted by atomic mass is 32.1. The van der Waals surface area contributed by atoms with Gasteiger partial charge in [-0.3, -0.25) is 33.6 Å². The molecule has 248 valence electrons. The molecule has 0 bridgehead atoms. The van der Waals surface area contributed by atoms with Gasteiger partial charge in [-0.05, 0) is 0 Å². The molecule has 2 aliphatic rings. The lowest BCUT2D eigenvalue weighted by atomic mass is 9.96. The van der Waals surface area contributed by atoms with Crippen molar-refractivity contribution >= 4 is 54.4 Å². The van der Waals surface area contributed by atoms with Gasteiger partial charge in [-0.15, -0.1) is 12.6 Å². The zero-order valence-electron chi connectivity index (χ0n) is 25.1. The van der Waals surface area contributed by atoms with E-state index >= 15 is 0 Å². The standard InChI is InChI=1S/C26H36O17S/c1-10(27)34-8-17-19(36-12(3)29)21(37-13(4)30)23(39-15(6)32)25(41-17)43-20-18(9-35-11(2)28)42-26(44)24(40-16(7)33)22(20)38-14(5)31/h17-26,44H,8-9H2,1-7H3/t17-,18-,19+,20-,21+,22+,23-,24-,25-,26+/m1/s1. The van der Waals surface area contributed by atoms with Crippen LogP contribution in [0.4, 0.5) is 0 Å². The van der Waals surface area contributed by atoms with Gasteiger partial charge < -0.3 is 47.4 Å². The third-order valence-corrected chi connectivity index (χ3v) is 6.32. The van der Waals surface area contributed by atoms with Crippen molar-refractivity contribution < 1.29 is 80.9 Å². The topological polar surface area (TPSA) is 212 Å². The van der Waals surface area contributed by atoms with Gasteiger partial charge in [0.2, 0.25) is 0 Å². The number of hydrogen-bond donors (Lipinski definition) is 1. The Morgan fingerprint density at radius 2 is 0.841 bits per heavy atom. The molecule has 0 aromatic carbocycles. The average molecular weight is 653 g/mol. The van der Waals surface area contributed by atoms with E-state index in [0.717, 1.165) is 48.5 Å². The first-order valence-corrected chi connectivity index (χ1v) is 13.8. The maximum absolute atomic E-state index is 12.2. The Morgan fingerprint density at radius 3 is 1.27 bits per heavy atom. The summed E-state index contributed by atoms with van der Waals surface area (Å²) in [5.41, 5.74) is -1.21. The molecule has 2 heterocycles. The molecule has 0 unspecified atom stereocenters. The summed E-state index contributed by atoms with van der Waals surface area (Å²) in [4.78, 5) is 83.7. The zero-order chi connectivity index (χ0) is 33.3. The van der Waals surface area contributed by atoms with Crippen LogP contribution in [0.25, 0.3) is 0 Å². The highest BCUT2D eigenvalue weighted by molar-refractivity contribution is 7.80. The van der Waals surface area contributed by atoms with Gasteiger partial charge in [-0.25, -0.2) is 0 Å².